The fourth-order valence-corrected chi connectivity index (χ4v) is 4.78. The van der Waals surface area contributed by atoms with Crippen molar-refractivity contribution >= 4 is 17.7 Å². The molecule has 0 spiro atoms. The third kappa shape index (κ3) is 4.98. The average Bonchev–Trinajstić information content (AvgIpc) is 3.16. The van der Waals surface area contributed by atoms with E-state index in [0.717, 1.165) is 30.0 Å². The van der Waals surface area contributed by atoms with Gasteiger partial charge in [0.15, 0.2) is 5.78 Å². The molecule has 0 atom stereocenters. The smallest absolute Gasteiger partial charge is 0.163 e. The predicted molar refractivity (Wildman–Crippen MR) is 133 cm³/mol. The van der Waals surface area contributed by atoms with Crippen LogP contribution in [0.2, 0.25) is 0 Å². The van der Waals surface area contributed by atoms with Crippen molar-refractivity contribution in [1.29, 1.82) is 0 Å². The average molecular weight is 417 g/mol. The van der Waals surface area contributed by atoms with E-state index in [1.807, 2.05) is 6.92 Å². The number of aryl methyl sites for hydroxylation is 2. The number of hydrazone groups is 1. The molecule has 0 bridgehead atoms. The topological polar surface area (TPSA) is 32.7 Å². The van der Waals surface area contributed by atoms with Gasteiger partial charge in [0.1, 0.15) is 0 Å². The molecule has 1 aliphatic carbocycles. The number of Topliss-reactive ketones (excluding diaryl/α,β-unsaturated/α-hetero) is 1. The fourth-order valence-electron chi connectivity index (χ4n) is 4.78. The van der Waals surface area contributed by atoms with Crippen LogP contribution >= 0.6 is 0 Å². The lowest BCUT2D eigenvalue weighted by molar-refractivity contribution is 0.0994. The number of benzene rings is 2. The normalized spacial score (nSPS) is 13.3. The van der Waals surface area contributed by atoms with Crippen molar-refractivity contribution in [2.75, 3.05) is 5.01 Å². The summed E-state index contributed by atoms with van der Waals surface area (Å²) in [5, 5.41) is 6.20. The second kappa shape index (κ2) is 10.6. The highest BCUT2D eigenvalue weighted by Crippen LogP contribution is 2.39. The maximum atomic E-state index is 12.5. The molecule has 1 aliphatic rings. The van der Waals surface area contributed by atoms with Gasteiger partial charge in [-0.05, 0) is 79.0 Å². The molecule has 0 fully saturated rings. The van der Waals surface area contributed by atoms with Crippen LogP contribution in [0.15, 0.2) is 48.2 Å². The van der Waals surface area contributed by atoms with E-state index in [1.54, 1.807) is 17.4 Å². The number of ketones is 1. The monoisotopic (exact) mass is 416 g/mol. The Balaban J connectivity index is 2.06. The molecule has 0 saturated heterocycles. The second-order valence-corrected chi connectivity index (χ2v) is 8.52. The van der Waals surface area contributed by atoms with Gasteiger partial charge in [-0.15, -0.1) is 0 Å². The molecule has 0 radical (unpaired) electrons. The number of rotatable bonds is 10. The molecule has 0 unspecified atom stereocenters. The molecule has 0 amide bonds. The van der Waals surface area contributed by atoms with Gasteiger partial charge in [-0.25, -0.2) is 5.01 Å². The van der Waals surface area contributed by atoms with Crippen molar-refractivity contribution < 1.29 is 4.79 Å². The van der Waals surface area contributed by atoms with Crippen molar-refractivity contribution in [3.8, 4) is 11.1 Å². The Morgan fingerprint density at radius 2 is 1.90 bits per heavy atom. The van der Waals surface area contributed by atoms with Crippen LogP contribution in [-0.2, 0) is 12.8 Å². The van der Waals surface area contributed by atoms with Crippen LogP contribution in [-0.4, -0.2) is 12.0 Å². The summed E-state index contributed by atoms with van der Waals surface area (Å²) in [4.78, 5) is 12.5. The second-order valence-electron chi connectivity index (χ2n) is 8.52. The van der Waals surface area contributed by atoms with Gasteiger partial charge in [-0.1, -0.05) is 57.9 Å². The number of nitrogens with zero attached hydrogens (tertiary/aromatic N) is 2. The summed E-state index contributed by atoms with van der Waals surface area (Å²) in [5.74, 6) is 1.08. The summed E-state index contributed by atoms with van der Waals surface area (Å²) in [6.07, 6.45) is 10.9. The van der Waals surface area contributed by atoms with E-state index in [-0.39, 0.29) is 5.78 Å². The quantitative estimate of drug-likeness (QED) is 0.296. The zero-order chi connectivity index (χ0) is 22.4. The SMILES string of the molecule is C=CN(/N=C\C)c1ccc(C)c(-c2c(CCCC(CC)CC)ccc3c2CCC3=O)c1. The predicted octanol–water partition coefficient (Wildman–Crippen LogP) is 7.51. The highest BCUT2D eigenvalue weighted by Gasteiger charge is 2.25. The van der Waals surface area contributed by atoms with E-state index >= 15 is 0 Å². The van der Waals surface area contributed by atoms with E-state index in [0.29, 0.717) is 6.42 Å². The molecule has 3 heteroatoms. The molecule has 2 aromatic rings. The lowest BCUT2D eigenvalue weighted by Crippen LogP contribution is -2.07. The maximum Gasteiger partial charge on any atom is 0.163 e. The highest BCUT2D eigenvalue weighted by molar-refractivity contribution is 6.03. The van der Waals surface area contributed by atoms with Crippen LogP contribution in [0.3, 0.4) is 0 Å². The van der Waals surface area contributed by atoms with Gasteiger partial charge in [-0.3, -0.25) is 4.79 Å². The molecule has 3 rings (SSSR count). The van der Waals surface area contributed by atoms with Crippen LogP contribution in [0.5, 0.6) is 0 Å². The minimum Gasteiger partial charge on any atom is -0.294 e. The summed E-state index contributed by atoms with van der Waals surface area (Å²) >= 11 is 0. The molecule has 164 valence electrons. The summed E-state index contributed by atoms with van der Waals surface area (Å²) in [7, 11) is 0. The molecule has 3 nitrogen and oxygen atoms in total. The Labute approximate surface area is 187 Å². The maximum absolute atomic E-state index is 12.5. The zero-order valence-electron chi connectivity index (χ0n) is 19.6. The molecule has 2 aromatic carbocycles. The minimum absolute atomic E-state index is 0.275. The van der Waals surface area contributed by atoms with Gasteiger partial charge in [0.05, 0.1) is 5.69 Å². The van der Waals surface area contributed by atoms with Gasteiger partial charge in [0, 0.05) is 24.4 Å². The van der Waals surface area contributed by atoms with Crippen molar-refractivity contribution in [3.05, 3.63) is 65.4 Å². The van der Waals surface area contributed by atoms with Crippen molar-refractivity contribution in [1.82, 2.24) is 0 Å². The lowest BCUT2D eigenvalue weighted by atomic mass is 9.86. The van der Waals surface area contributed by atoms with Crippen LogP contribution in [0.4, 0.5) is 5.69 Å². The molecule has 31 heavy (non-hydrogen) atoms. The van der Waals surface area contributed by atoms with E-state index in [2.05, 4.69) is 62.8 Å². The van der Waals surface area contributed by atoms with E-state index < -0.39 is 0 Å². The molecular formula is C28H36N2O. The Morgan fingerprint density at radius 1 is 1.13 bits per heavy atom. The Kier molecular flexibility index (Phi) is 7.84. The standard InChI is InChI=1S/C28H36N2O/c1-6-21(7-2)11-10-12-22-14-16-24-25(17-18-27(24)31)28(22)26-19-23(15-13-20(26)5)30(9-4)29-8-3/h8-9,13-16,19,21H,4,6-7,10-12,17-18H2,1-3,5H3/b29-8-. The summed E-state index contributed by atoms with van der Waals surface area (Å²) < 4.78 is 0. The van der Waals surface area contributed by atoms with Gasteiger partial charge in [0.25, 0.3) is 0 Å². The molecule has 0 N–H and O–H groups in total. The van der Waals surface area contributed by atoms with Crippen LogP contribution in [0.25, 0.3) is 11.1 Å². The van der Waals surface area contributed by atoms with Gasteiger partial charge in [-0.2, -0.15) is 5.10 Å². The van der Waals surface area contributed by atoms with Crippen molar-refractivity contribution in [2.24, 2.45) is 11.0 Å². The summed E-state index contributed by atoms with van der Waals surface area (Å²) in [6.45, 7) is 12.5. The minimum atomic E-state index is 0.275. The molecule has 0 saturated carbocycles. The van der Waals surface area contributed by atoms with Gasteiger partial charge in [0.2, 0.25) is 0 Å². The van der Waals surface area contributed by atoms with E-state index in [9.17, 15) is 4.79 Å². The first-order valence-electron chi connectivity index (χ1n) is 11.7. The first kappa shape index (κ1) is 23.0. The first-order chi connectivity index (χ1) is 15.0. The lowest BCUT2D eigenvalue weighted by Gasteiger charge is -2.20. The van der Waals surface area contributed by atoms with Crippen molar-refractivity contribution in [3.63, 3.8) is 0 Å². The Morgan fingerprint density at radius 3 is 2.58 bits per heavy atom. The Bertz CT molecular complexity index is 969. The molecular weight excluding hydrogens is 380 g/mol. The molecule has 0 aliphatic heterocycles. The number of carbonyl (C=O) groups excluding carboxylic acids is 1. The number of hydrogen-bond donors (Lipinski definition) is 0. The fraction of sp³-hybridized carbons (Fsp3) is 0.429. The highest BCUT2D eigenvalue weighted by atomic mass is 16.1. The number of hydrogen-bond acceptors (Lipinski definition) is 3. The molecule has 0 aromatic heterocycles. The Hall–Kier alpha value is -2.68. The van der Waals surface area contributed by atoms with Crippen LogP contribution in [0, 0.1) is 12.8 Å². The third-order valence-electron chi connectivity index (χ3n) is 6.68. The van der Waals surface area contributed by atoms with Gasteiger partial charge < -0.3 is 0 Å². The number of anilines is 1. The largest absolute Gasteiger partial charge is 0.294 e. The molecule has 0 heterocycles. The summed E-state index contributed by atoms with van der Waals surface area (Å²) in [6, 6.07) is 10.7. The van der Waals surface area contributed by atoms with Crippen molar-refractivity contribution in [2.45, 2.75) is 72.6 Å². The number of carbonyl (C=O) groups is 1. The van der Waals surface area contributed by atoms with Crippen LogP contribution < -0.4 is 5.01 Å². The zero-order valence-corrected chi connectivity index (χ0v) is 19.6. The number of fused-ring (bicyclic) bond motifs is 1. The third-order valence-corrected chi connectivity index (χ3v) is 6.68. The van der Waals surface area contributed by atoms with E-state index in [1.165, 1.54) is 53.5 Å². The first-order valence-corrected chi connectivity index (χ1v) is 11.7. The van der Waals surface area contributed by atoms with Crippen LogP contribution in [0.1, 0.15) is 79.9 Å². The summed E-state index contributed by atoms with van der Waals surface area (Å²) in [5.41, 5.74) is 8.20. The van der Waals surface area contributed by atoms with E-state index in [4.69, 9.17) is 0 Å². The van der Waals surface area contributed by atoms with Gasteiger partial charge >= 0.3 is 0 Å².